The predicted molar refractivity (Wildman–Crippen MR) is 120 cm³/mol. The van der Waals surface area contributed by atoms with Crippen molar-refractivity contribution in [3.63, 3.8) is 0 Å². The molecule has 4 fully saturated rings. The Morgan fingerprint density at radius 2 is 1.87 bits per heavy atom. The van der Waals surface area contributed by atoms with Crippen molar-refractivity contribution in [1.29, 1.82) is 0 Å². The molecule has 3 aliphatic carbocycles. The highest BCUT2D eigenvalue weighted by Gasteiger charge is 2.89. The van der Waals surface area contributed by atoms with Gasteiger partial charge in [-0.25, -0.2) is 4.79 Å². The number of aliphatic hydroxyl groups is 1. The Bertz CT molecular complexity index is 872. The fraction of sp³-hybridized carbons (Fsp3) is 0.815. The molecule has 0 aromatic rings. The predicted octanol–water partition coefficient (Wildman–Crippen LogP) is 5.35. The normalized spacial score (nSPS) is 54.1. The Kier molecular flexibility index (Phi) is 4.38. The van der Waals surface area contributed by atoms with Gasteiger partial charge in [0.25, 0.3) is 0 Å². The number of ether oxygens (including phenoxy) is 2. The van der Waals surface area contributed by atoms with Gasteiger partial charge in [-0.3, -0.25) is 0 Å². The summed E-state index contributed by atoms with van der Waals surface area (Å²) in [6, 6.07) is 0. The van der Waals surface area contributed by atoms with Crippen LogP contribution in [0.25, 0.3) is 0 Å². The fourth-order valence-electron chi connectivity index (χ4n) is 9.11. The van der Waals surface area contributed by atoms with Crippen molar-refractivity contribution >= 4 is 5.97 Å². The van der Waals surface area contributed by atoms with E-state index in [1.807, 2.05) is 19.9 Å². The van der Waals surface area contributed by atoms with E-state index in [2.05, 4.69) is 34.3 Å². The molecule has 0 unspecified atom stereocenters. The monoisotopic (exact) mass is 428 g/mol. The first-order chi connectivity index (χ1) is 14.4. The zero-order valence-electron chi connectivity index (χ0n) is 20.2. The molecule has 0 aromatic carbocycles. The number of fused-ring (bicyclic) bond motifs is 1. The van der Waals surface area contributed by atoms with E-state index in [9.17, 15) is 9.90 Å². The summed E-state index contributed by atoms with van der Waals surface area (Å²) in [5.41, 5.74) is 0.388. The lowest BCUT2D eigenvalue weighted by Crippen LogP contribution is -2.65. The van der Waals surface area contributed by atoms with Crippen LogP contribution in [0.3, 0.4) is 0 Å². The van der Waals surface area contributed by atoms with Gasteiger partial charge in [0.1, 0.15) is 22.9 Å². The highest BCUT2D eigenvalue weighted by Crippen LogP contribution is 2.83. The van der Waals surface area contributed by atoms with Crippen LogP contribution in [0.1, 0.15) is 86.5 Å². The van der Waals surface area contributed by atoms with Gasteiger partial charge in [-0.05, 0) is 76.5 Å². The molecule has 5 aliphatic rings. The van der Waals surface area contributed by atoms with Crippen molar-refractivity contribution in [2.45, 2.75) is 109 Å². The smallest absolute Gasteiger partial charge is 0.333 e. The third kappa shape index (κ3) is 2.32. The lowest BCUT2D eigenvalue weighted by Gasteiger charge is -2.58. The zero-order chi connectivity index (χ0) is 22.6. The molecule has 0 spiro atoms. The molecule has 5 rings (SSSR count). The zero-order valence-corrected chi connectivity index (χ0v) is 20.2. The van der Waals surface area contributed by atoms with E-state index < -0.39 is 11.2 Å². The minimum absolute atomic E-state index is 0.0195. The molecule has 0 bridgehead atoms. The Labute approximate surface area is 187 Å². The Morgan fingerprint density at radius 1 is 1.16 bits per heavy atom. The van der Waals surface area contributed by atoms with Gasteiger partial charge in [-0.1, -0.05) is 39.0 Å². The number of carbonyl (C=O) groups is 1. The molecule has 2 heterocycles. The molecule has 0 amide bonds. The summed E-state index contributed by atoms with van der Waals surface area (Å²) in [4.78, 5) is 12.2. The van der Waals surface area contributed by atoms with Crippen LogP contribution in [0.2, 0.25) is 0 Å². The Morgan fingerprint density at radius 3 is 2.52 bits per heavy atom. The lowest BCUT2D eigenvalue weighted by atomic mass is 9.43. The molecule has 4 heteroatoms. The summed E-state index contributed by atoms with van der Waals surface area (Å²) in [6.07, 6.45) is 9.00. The Hall–Kier alpha value is -1.13. The van der Waals surface area contributed by atoms with Crippen LogP contribution in [-0.2, 0) is 14.3 Å². The van der Waals surface area contributed by atoms with Gasteiger partial charge in [-0.15, -0.1) is 0 Å². The van der Waals surface area contributed by atoms with E-state index in [1.165, 1.54) is 0 Å². The lowest BCUT2D eigenvalue weighted by molar-refractivity contribution is -0.153. The second-order valence-electron chi connectivity index (χ2n) is 12.2. The molecule has 4 nitrogen and oxygen atoms in total. The number of carbonyl (C=O) groups excluding carboxylic acids is 1. The van der Waals surface area contributed by atoms with Crippen molar-refractivity contribution in [3.8, 4) is 0 Å². The number of hydrogen-bond donors (Lipinski definition) is 1. The van der Waals surface area contributed by atoms with Crippen molar-refractivity contribution in [1.82, 2.24) is 0 Å². The largest absolute Gasteiger partial charge is 0.458 e. The SMILES string of the molecule is C=C(C)[C@@H]1CC[C@@]23O[C@@]2(CC[C@]2(C)[C@@H]([C@H](C)[C@@H]4CC=C(C)C(=O)O4)CC[C@@]32C)[C@@]1(C)O. The molecule has 2 aliphatic heterocycles. The average molecular weight is 429 g/mol. The van der Waals surface area contributed by atoms with Crippen molar-refractivity contribution in [2.75, 3.05) is 0 Å². The molecule has 1 saturated heterocycles. The standard InChI is InChI=1S/C27H40O4/c1-16(2)19-11-13-26-24(6)12-10-20(18(4)21-9-8-17(3)22(28)30-21)23(24,5)14-15-27(26,31-26)25(19,7)29/h8,18-21,29H,1,9-15H2,2-7H3/t18-,19-,20+,21-,23+,24+,25-,26-,27-/m0/s1. The number of rotatable bonds is 3. The summed E-state index contributed by atoms with van der Waals surface area (Å²) >= 11 is 0. The number of epoxide rings is 1. The molecule has 31 heavy (non-hydrogen) atoms. The first kappa shape index (κ1) is 21.7. The van der Waals surface area contributed by atoms with Crippen LogP contribution in [0, 0.1) is 28.6 Å². The molecule has 172 valence electrons. The van der Waals surface area contributed by atoms with Crippen molar-refractivity contribution in [2.24, 2.45) is 28.6 Å². The minimum Gasteiger partial charge on any atom is -0.458 e. The van der Waals surface area contributed by atoms with Gasteiger partial charge in [-0.2, -0.15) is 0 Å². The van der Waals surface area contributed by atoms with E-state index in [4.69, 9.17) is 9.47 Å². The number of esters is 1. The maximum absolute atomic E-state index is 12.2. The van der Waals surface area contributed by atoms with Gasteiger partial charge in [0, 0.05) is 23.3 Å². The molecule has 0 radical (unpaired) electrons. The van der Waals surface area contributed by atoms with Crippen molar-refractivity contribution < 1.29 is 19.4 Å². The van der Waals surface area contributed by atoms with Gasteiger partial charge < -0.3 is 14.6 Å². The molecule has 3 saturated carbocycles. The van der Waals surface area contributed by atoms with Gasteiger partial charge in [0.05, 0.1) is 0 Å². The van der Waals surface area contributed by atoms with Gasteiger partial charge in [0.15, 0.2) is 0 Å². The maximum atomic E-state index is 12.2. The van der Waals surface area contributed by atoms with E-state index in [-0.39, 0.29) is 34.4 Å². The van der Waals surface area contributed by atoms with Crippen LogP contribution in [0.5, 0.6) is 0 Å². The number of hydrogen-bond acceptors (Lipinski definition) is 4. The van der Waals surface area contributed by atoms with E-state index in [1.54, 1.807) is 0 Å². The van der Waals surface area contributed by atoms with Crippen LogP contribution >= 0.6 is 0 Å². The van der Waals surface area contributed by atoms with Crippen LogP contribution in [0.15, 0.2) is 23.8 Å². The average Bonchev–Trinajstić information content (AvgIpc) is 3.33. The molecular formula is C27H40O4. The van der Waals surface area contributed by atoms with Crippen LogP contribution in [0.4, 0.5) is 0 Å². The highest BCUT2D eigenvalue weighted by atomic mass is 16.6. The summed E-state index contributed by atoms with van der Waals surface area (Å²) in [6.45, 7) is 17.3. The molecule has 1 N–H and O–H groups in total. The maximum Gasteiger partial charge on any atom is 0.333 e. The van der Waals surface area contributed by atoms with Gasteiger partial charge >= 0.3 is 5.97 Å². The van der Waals surface area contributed by atoms with E-state index >= 15 is 0 Å². The summed E-state index contributed by atoms with van der Waals surface area (Å²) < 4.78 is 12.7. The van der Waals surface area contributed by atoms with Crippen LogP contribution < -0.4 is 0 Å². The van der Waals surface area contributed by atoms with Crippen LogP contribution in [-0.4, -0.2) is 34.0 Å². The second kappa shape index (κ2) is 6.26. The van der Waals surface area contributed by atoms with E-state index in [0.717, 1.165) is 56.1 Å². The number of cyclic esters (lactones) is 1. The fourth-order valence-corrected chi connectivity index (χ4v) is 9.11. The van der Waals surface area contributed by atoms with E-state index in [0.29, 0.717) is 11.8 Å². The Balaban J connectivity index is 1.47. The molecule has 9 atom stereocenters. The second-order valence-corrected chi connectivity index (χ2v) is 12.2. The first-order valence-electron chi connectivity index (χ1n) is 12.3. The quantitative estimate of drug-likeness (QED) is 0.374. The van der Waals surface area contributed by atoms with Gasteiger partial charge in [0.2, 0.25) is 0 Å². The summed E-state index contributed by atoms with van der Waals surface area (Å²) in [5, 5.41) is 11.8. The summed E-state index contributed by atoms with van der Waals surface area (Å²) in [5.74, 6) is 0.747. The topological polar surface area (TPSA) is 59.1 Å². The molecule has 0 aromatic heterocycles. The molecular weight excluding hydrogens is 388 g/mol. The minimum atomic E-state index is -0.869. The third-order valence-corrected chi connectivity index (χ3v) is 11.2. The third-order valence-electron chi connectivity index (χ3n) is 11.2. The first-order valence-corrected chi connectivity index (χ1v) is 12.3. The van der Waals surface area contributed by atoms with Crippen molar-refractivity contribution in [3.05, 3.63) is 23.8 Å². The summed E-state index contributed by atoms with van der Waals surface area (Å²) in [7, 11) is 0. The highest BCUT2D eigenvalue weighted by molar-refractivity contribution is 5.88.